The first-order valence-corrected chi connectivity index (χ1v) is 18.7. The number of carbonyl (C=O) groups is 3. The molecule has 300 valence electrons. The van der Waals surface area contributed by atoms with Crippen LogP contribution in [0.5, 0.6) is 23.0 Å². The van der Waals surface area contributed by atoms with Crippen LogP contribution in [0.4, 0.5) is 20.2 Å². The van der Waals surface area contributed by atoms with E-state index in [-0.39, 0.29) is 23.8 Å². The topological polar surface area (TPSA) is 144 Å². The van der Waals surface area contributed by atoms with Gasteiger partial charge in [0.1, 0.15) is 22.6 Å². The molecular formula is C42H49F2N3O9. The molecule has 1 saturated carbocycles. The lowest BCUT2D eigenvalue weighted by Crippen LogP contribution is -2.35. The highest BCUT2D eigenvalue weighted by molar-refractivity contribution is 6.16. The maximum atomic E-state index is 15.3. The molecule has 1 aromatic heterocycles. The second-order valence-electron chi connectivity index (χ2n) is 14.4. The van der Waals surface area contributed by atoms with Crippen LogP contribution in [0, 0.1) is 17.0 Å². The van der Waals surface area contributed by atoms with E-state index >= 15 is 4.39 Å². The van der Waals surface area contributed by atoms with Gasteiger partial charge in [0.15, 0.2) is 23.1 Å². The minimum atomic E-state index is -1.29. The number of aromatic nitrogens is 1. The number of pyridine rings is 1. The van der Waals surface area contributed by atoms with E-state index in [2.05, 4.69) is 15.6 Å². The molecule has 0 spiro atoms. The maximum absolute atomic E-state index is 15.3. The van der Waals surface area contributed by atoms with E-state index in [4.69, 9.17) is 28.4 Å². The van der Waals surface area contributed by atoms with Gasteiger partial charge in [-0.05, 0) is 108 Å². The highest BCUT2D eigenvalue weighted by atomic mass is 19.1. The Morgan fingerprint density at radius 2 is 1.36 bits per heavy atom. The molecule has 14 heteroatoms. The predicted molar refractivity (Wildman–Crippen MR) is 206 cm³/mol. The zero-order chi connectivity index (χ0) is 40.1. The summed E-state index contributed by atoms with van der Waals surface area (Å²) in [6.07, 6.45) is 5.70. The van der Waals surface area contributed by atoms with E-state index < -0.39 is 34.5 Å². The van der Waals surface area contributed by atoms with Gasteiger partial charge in [-0.2, -0.15) is 0 Å². The third-order valence-corrected chi connectivity index (χ3v) is 8.76. The Hall–Kier alpha value is -5.34. The quantitative estimate of drug-likeness (QED) is 0.0481. The molecular weight excluding hydrogens is 728 g/mol. The van der Waals surface area contributed by atoms with Gasteiger partial charge in [0.05, 0.1) is 32.3 Å². The van der Waals surface area contributed by atoms with Crippen LogP contribution in [0.25, 0.3) is 10.9 Å². The van der Waals surface area contributed by atoms with Crippen molar-refractivity contribution in [2.75, 3.05) is 50.8 Å². The number of rotatable bonds is 21. The van der Waals surface area contributed by atoms with Gasteiger partial charge in [-0.3, -0.25) is 19.4 Å². The van der Waals surface area contributed by atoms with Crippen molar-refractivity contribution < 1.29 is 51.6 Å². The number of amides is 2. The number of anilines is 2. The van der Waals surface area contributed by atoms with Crippen LogP contribution in [-0.2, 0) is 28.6 Å². The van der Waals surface area contributed by atoms with E-state index in [0.29, 0.717) is 79.7 Å². The lowest BCUT2D eigenvalue weighted by atomic mass is 10.0. The van der Waals surface area contributed by atoms with Gasteiger partial charge in [-0.15, -0.1) is 0 Å². The predicted octanol–water partition coefficient (Wildman–Crippen LogP) is 8.38. The number of unbranched alkanes of at least 4 members (excludes halogenated alkanes) is 2. The van der Waals surface area contributed by atoms with Crippen LogP contribution in [0.15, 0.2) is 66.9 Å². The van der Waals surface area contributed by atoms with E-state index in [1.54, 1.807) is 24.4 Å². The lowest BCUT2D eigenvalue weighted by Gasteiger charge is -2.19. The Kier molecular flexibility index (Phi) is 14.6. The standard InChI is InChI=1S/C42H49F2N3O9/c1-41(2,3)56-38(48)16-24-53-22-6-5-20-52-21-7-8-23-54-37-27-33-31(26-36(37)51-4)34(15-19-45-33)55-35-14-13-30(25-32(35)44)47-40(50)42(17-18-42)39(49)46-29-11-9-28(43)10-12-29/h9-15,19,25-27H,5-8,16-18,20-24H2,1-4H3,(H,46,49)(H,47,50). The SMILES string of the molecule is COc1cc2c(Oc3ccc(NC(=O)C4(C(=O)Nc5ccc(F)cc5)CC4)cc3F)ccnc2cc1OCCCCOCCCCOCCC(=O)OC(C)(C)C. The molecule has 56 heavy (non-hydrogen) atoms. The third-order valence-electron chi connectivity index (χ3n) is 8.76. The number of nitrogens with one attached hydrogen (secondary N) is 2. The number of hydrogen-bond acceptors (Lipinski definition) is 10. The van der Waals surface area contributed by atoms with E-state index in [1.807, 2.05) is 20.8 Å². The second-order valence-corrected chi connectivity index (χ2v) is 14.4. The fourth-order valence-corrected chi connectivity index (χ4v) is 5.64. The van der Waals surface area contributed by atoms with Crippen LogP contribution < -0.4 is 24.8 Å². The molecule has 12 nitrogen and oxygen atoms in total. The summed E-state index contributed by atoms with van der Waals surface area (Å²) in [6, 6.07) is 14.3. The number of esters is 1. The van der Waals surface area contributed by atoms with Crippen molar-refractivity contribution in [2.24, 2.45) is 5.41 Å². The minimum Gasteiger partial charge on any atom is -0.493 e. The highest BCUT2D eigenvalue weighted by Crippen LogP contribution is 2.48. The molecule has 5 rings (SSSR count). The first-order chi connectivity index (χ1) is 26.9. The van der Waals surface area contributed by atoms with Crippen molar-refractivity contribution in [1.29, 1.82) is 0 Å². The summed E-state index contributed by atoms with van der Waals surface area (Å²) in [5, 5.41) is 5.85. The number of carbonyl (C=O) groups excluding carboxylic acids is 3. The molecule has 1 heterocycles. The number of nitrogens with zero attached hydrogens (tertiary/aromatic N) is 1. The molecule has 0 aliphatic heterocycles. The zero-order valence-electron chi connectivity index (χ0n) is 32.2. The van der Waals surface area contributed by atoms with E-state index in [0.717, 1.165) is 31.7 Å². The number of ether oxygens (including phenoxy) is 6. The summed E-state index contributed by atoms with van der Waals surface area (Å²) in [5.74, 6) is -1.31. The molecule has 2 amide bonds. The molecule has 0 unspecified atom stereocenters. The largest absolute Gasteiger partial charge is 0.493 e. The third kappa shape index (κ3) is 12.1. The molecule has 0 atom stereocenters. The van der Waals surface area contributed by atoms with Crippen molar-refractivity contribution in [1.82, 2.24) is 4.98 Å². The van der Waals surface area contributed by atoms with Gasteiger partial charge in [-0.25, -0.2) is 8.78 Å². The minimum absolute atomic E-state index is 0.0872. The van der Waals surface area contributed by atoms with E-state index in [9.17, 15) is 18.8 Å². The van der Waals surface area contributed by atoms with Gasteiger partial charge < -0.3 is 39.1 Å². The van der Waals surface area contributed by atoms with Gasteiger partial charge >= 0.3 is 5.97 Å². The first kappa shape index (κ1) is 41.8. The number of fused-ring (bicyclic) bond motifs is 1. The molecule has 1 aliphatic rings. The van der Waals surface area contributed by atoms with Gasteiger partial charge in [0.2, 0.25) is 11.8 Å². The molecule has 1 aliphatic carbocycles. The highest BCUT2D eigenvalue weighted by Gasteiger charge is 2.56. The first-order valence-electron chi connectivity index (χ1n) is 18.7. The lowest BCUT2D eigenvalue weighted by molar-refractivity contribution is -0.156. The normalized spacial score (nSPS) is 13.2. The summed E-state index contributed by atoms with van der Waals surface area (Å²) in [5.41, 5.74) is -0.709. The zero-order valence-corrected chi connectivity index (χ0v) is 32.2. The average molecular weight is 778 g/mol. The molecule has 0 bridgehead atoms. The Morgan fingerprint density at radius 1 is 0.732 bits per heavy atom. The molecule has 1 fully saturated rings. The number of benzene rings is 3. The fraction of sp³-hybridized carbons (Fsp3) is 0.429. The number of halogens is 2. The van der Waals surface area contributed by atoms with E-state index in [1.165, 1.54) is 43.5 Å². The Labute approximate surface area is 325 Å². The molecule has 0 radical (unpaired) electrons. The molecule has 2 N–H and O–H groups in total. The van der Waals surface area contributed by atoms with Crippen molar-refractivity contribution >= 4 is 40.1 Å². The monoisotopic (exact) mass is 777 g/mol. The van der Waals surface area contributed by atoms with Crippen LogP contribution in [-0.4, -0.2) is 68.5 Å². The summed E-state index contributed by atoms with van der Waals surface area (Å²) in [4.78, 5) is 42.1. The smallest absolute Gasteiger partial charge is 0.308 e. The number of methoxy groups -OCH3 is 1. The maximum Gasteiger partial charge on any atom is 0.308 e. The Morgan fingerprint density at radius 3 is 1.98 bits per heavy atom. The summed E-state index contributed by atoms with van der Waals surface area (Å²) < 4.78 is 62.6. The van der Waals surface area contributed by atoms with Crippen LogP contribution in [0.3, 0.4) is 0 Å². The summed E-state index contributed by atoms with van der Waals surface area (Å²) >= 11 is 0. The van der Waals surface area contributed by atoms with Gasteiger partial charge in [-0.1, -0.05) is 0 Å². The summed E-state index contributed by atoms with van der Waals surface area (Å²) in [7, 11) is 1.52. The average Bonchev–Trinajstić information content (AvgIpc) is 3.97. The van der Waals surface area contributed by atoms with Gasteiger partial charge in [0.25, 0.3) is 0 Å². The van der Waals surface area contributed by atoms with Crippen molar-refractivity contribution in [3.63, 3.8) is 0 Å². The van der Waals surface area contributed by atoms with Gasteiger partial charge in [0, 0.05) is 54.9 Å². The Balaban J connectivity index is 1.05. The van der Waals surface area contributed by atoms with Crippen LogP contribution >= 0.6 is 0 Å². The fourth-order valence-electron chi connectivity index (χ4n) is 5.64. The molecule has 0 saturated heterocycles. The molecule has 4 aromatic rings. The van der Waals surface area contributed by atoms with Crippen molar-refractivity contribution in [3.05, 3.63) is 78.5 Å². The van der Waals surface area contributed by atoms with Crippen LogP contribution in [0.2, 0.25) is 0 Å². The Bertz CT molecular complexity index is 1960. The molecule has 3 aromatic carbocycles. The van der Waals surface area contributed by atoms with Crippen molar-refractivity contribution in [3.8, 4) is 23.0 Å². The van der Waals surface area contributed by atoms with Crippen molar-refractivity contribution in [2.45, 2.75) is 71.3 Å². The number of hydrogen-bond donors (Lipinski definition) is 2. The summed E-state index contributed by atoms with van der Waals surface area (Å²) in [6.45, 7) is 8.07. The van der Waals surface area contributed by atoms with Crippen LogP contribution in [0.1, 0.15) is 65.7 Å². The second kappa shape index (κ2) is 19.5.